The SMILES string of the molecule is COc1ccc(CCC(=O)N(C)[C@H]2C[C@H]3CNC(=O)C[C@H]3C2)cc1OC. The molecule has 2 fully saturated rings. The predicted octanol–water partition coefficient (Wildman–Crippen LogP) is 2.01. The molecule has 142 valence electrons. The number of aryl methyl sites for hydroxylation is 1. The van der Waals surface area contributed by atoms with Crippen molar-refractivity contribution in [2.24, 2.45) is 11.8 Å². The summed E-state index contributed by atoms with van der Waals surface area (Å²) in [4.78, 5) is 26.1. The number of amides is 2. The Balaban J connectivity index is 1.54. The molecule has 1 N–H and O–H groups in total. The third-order valence-electron chi connectivity index (χ3n) is 5.84. The first kappa shape index (κ1) is 18.5. The van der Waals surface area contributed by atoms with E-state index < -0.39 is 0 Å². The summed E-state index contributed by atoms with van der Waals surface area (Å²) in [6.07, 6.45) is 3.67. The zero-order chi connectivity index (χ0) is 18.7. The van der Waals surface area contributed by atoms with Crippen LogP contribution in [0.3, 0.4) is 0 Å². The summed E-state index contributed by atoms with van der Waals surface area (Å²) in [6.45, 7) is 0.758. The van der Waals surface area contributed by atoms with Crippen LogP contribution in [-0.4, -0.2) is 50.6 Å². The highest BCUT2D eigenvalue weighted by molar-refractivity contribution is 5.78. The van der Waals surface area contributed by atoms with Crippen LogP contribution in [0.25, 0.3) is 0 Å². The molecule has 3 atom stereocenters. The van der Waals surface area contributed by atoms with Crippen molar-refractivity contribution in [3.63, 3.8) is 0 Å². The van der Waals surface area contributed by atoms with Crippen LogP contribution < -0.4 is 14.8 Å². The fourth-order valence-corrected chi connectivity index (χ4v) is 4.22. The van der Waals surface area contributed by atoms with Gasteiger partial charge in [-0.2, -0.15) is 0 Å². The molecule has 0 aromatic heterocycles. The van der Waals surface area contributed by atoms with Crippen LogP contribution in [0.5, 0.6) is 11.5 Å². The first-order valence-electron chi connectivity index (χ1n) is 9.25. The Morgan fingerprint density at radius 2 is 1.92 bits per heavy atom. The number of carbonyl (C=O) groups excluding carboxylic acids is 2. The lowest BCUT2D eigenvalue weighted by Crippen LogP contribution is -2.38. The highest BCUT2D eigenvalue weighted by atomic mass is 16.5. The number of nitrogens with zero attached hydrogens (tertiary/aromatic N) is 1. The van der Waals surface area contributed by atoms with Gasteiger partial charge in [0.15, 0.2) is 11.5 Å². The molecule has 0 spiro atoms. The van der Waals surface area contributed by atoms with Crippen molar-refractivity contribution in [2.45, 2.75) is 38.1 Å². The predicted molar refractivity (Wildman–Crippen MR) is 98.3 cm³/mol. The van der Waals surface area contributed by atoms with Crippen molar-refractivity contribution in [1.29, 1.82) is 0 Å². The summed E-state index contributed by atoms with van der Waals surface area (Å²) in [7, 11) is 5.12. The molecule has 1 heterocycles. The molecule has 6 nitrogen and oxygen atoms in total. The van der Waals surface area contributed by atoms with Crippen LogP contribution in [0.1, 0.15) is 31.2 Å². The normalized spacial score (nSPS) is 24.6. The quantitative estimate of drug-likeness (QED) is 0.843. The van der Waals surface area contributed by atoms with Crippen LogP contribution >= 0.6 is 0 Å². The van der Waals surface area contributed by atoms with Crippen molar-refractivity contribution in [1.82, 2.24) is 10.2 Å². The van der Waals surface area contributed by atoms with Crippen molar-refractivity contribution in [2.75, 3.05) is 27.8 Å². The van der Waals surface area contributed by atoms with Crippen molar-refractivity contribution >= 4 is 11.8 Å². The Morgan fingerprint density at radius 3 is 2.65 bits per heavy atom. The largest absolute Gasteiger partial charge is 0.493 e. The van der Waals surface area contributed by atoms with E-state index in [2.05, 4.69) is 5.32 Å². The lowest BCUT2D eigenvalue weighted by Gasteiger charge is -2.25. The summed E-state index contributed by atoms with van der Waals surface area (Å²) >= 11 is 0. The molecule has 0 unspecified atom stereocenters. The number of fused-ring (bicyclic) bond motifs is 1. The molecule has 6 heteroatoms. The highest BCUT2D eigenvalue weighted by Crippen LogP contribution is 2.38. The molecule has 1 aromatic carbocycles. The van der Waals surface area contributed by atoms with Gasteiger partial charge in [-0.3, -0.25) is 9.59 Å². The highest BCUT2D eigenvalue weighted by Gasteiger charge is 2.40. The van der Waals surface area contributed by atoms with Gasteiger partial charge in [0.25, 0.3) is 0 Å². The van der Waals surface area contributed by atoms with Gasteiger partial charge in [-0.25, -0.2) is 0 Å². The van der Waals surface area contributed by atoms with E-state index in [9.17, 15) is 9.59 Å². The molecule has 2 aliphatic rings. The molecule has 1 aromatic rings. The van der Waals surface area contributed by atoms with Crippen molar-refractivity contribution < 1.29 is 19.1 Å². The van der Waals surface area contributed by atoms with Gasteiger partial charge in [0.2, 0.25) is 11.8 Å². The topological polar surface area (TPSA) is 67.9 Å². The number of rotatable bonds is 6. The van der Waals surface area contributed by atoms with E-state index in [1.54, 1.807) is 14.2 Å². The van der Waals surface area contributed by atoms with Gasteiger partial charge < -0.3 is 19.7 Å². The molecule has 1 saturated carbocycles. The number of carbonyl (C=O) groups is 2. The van der Waals surface area contributed by atoms with Gasteiger partial charge in [-0.05, 0) is 48.8 Å². The standard InChI is InChI=1S/C20H28N2O4/c1-22(16-9-14-11-19(23)21-12-15(14)10-16)20(24)7-5-13-4-6-17(25-2)18(8-13)26-3/h4,6,8,14-16H,5,7,9-12H2,1-3H3,(H,21,23)/t14-,15+,16-/m1/s1. The molecule has 1 saturated heterocycles. The lowest BCUT2D eigenvalue weighted by atomic mass is 9.89. The Labute approximate surface area is 154 Å². The van der Waals surface area contributed by atoms with E-state index in [4.69, 9.17) is 9.47 Å². The number of hydrogen-bond donors (Lipinski definition) is 1. The summed E-state index contributed by atoms with van der Waals surface area (Å²) in [5.74, 6) is 2.62. The van der Waals surface area contributed by atoms with Gasteiger partial charge in [0.05, 0.1) is 14.2 Å². The molecule has 3 rings (SSSR count). The molecule has 0 radical (unpaired) electrons. The number of piperidine rings is 1. The maximum Gasteiger partial charge on any atom is 0.222 e. The van der Waals surface area contributed by atoms with Gasteiger partial charge in [0, 0.05) is 32.5 Å². The summed E-state index contributed by atoms with van der Waals surface area (Å²) < 4.78 is 10.6. The zero-order valence-electron chi connectivity index (χ0n) is 15.8. The van der Waals surface area contributed by atoms with Crippen molar-refractivity contribution in [3.8, 4) is 11.5 Å². The van der Waals surface area contributed by atoms with Crippen LogP contribution in [0.4, 0.5) is 0 Å². The van der Waals surface area contributed by atoms with Crippen molar-refractivity contribution in [3.05, 3.63) is 23.8 Å². The van der Waals surface area contributed by atoms with Gasteiger partial charge in [-0.15, -0.1) is 0 Å². The molecule has 0 bridgehead atoms. The average molecular weight is 360 g/mol. The number of methoxy groups -OCH3 is 2. The summed E-state index contributed by atoms with van der Waals surface area (Å²) in [5.41, 5.74) is 1.05. The lowest BCUT2D eigenvalue weighted by molar-refractivity contribution is -0.131. The Bertz CT molecular complexity index is 676. The van der Waals surface area contributed by atoms with E-state index in [0.717, 1.165) is 24.9 Å². The van der Waals surface area contributed by atoms with E-state index in [1.165, 1.54) is 0 Å². The minimum atomic E-state index is 0.148. The first-order chi connectivity index (χ1) is 12.5. The van der Waals surface area contributed by atoms with Crippen LogP contribution in [0.2, 0.25) is 0 Å². The number of benzene rings is 1. The monoisotopic (exact) mass is 360 g/mol. The fourth-order valence-electron chi connectivity index (χ4n) is 4.22. The van der Waals surface area contributed by atoms with Crippen LogP contribution in [0, 0.1) is 11.8 Å². The van der Waals surface area contributed by atoms with Gasteiger partial charge in [0.1, 0.15) is 0 Å². The second-order valence-electron chi connectivity index (χ2n) is 7.35. The zero-order valence-corrected chi connectivity index (χ0v) is 15.8. The smallest absolute Gasteiger partial charge is 0.222 e. The maximum atomic E-state index is 12.6. The van der Waals surface area contributed by atoms with E-state index in [1.807, 2.05) is 30.1 Å². The average Bonchev–Trinajstić information content (AvgIpc) is 3.08. The fraction of sp³-hybridized carbons (Fsp3) is 0.600. The minimum absolute atomic E-state index is 0.148. The number of hydrogen-bond acceptors (Lipinski definition) is 4. The Hall–Kier alpha value is -2.24. The Morgan fingerprint density at radius 1 is 1.19 bits per heavy atom. The Kier molecular flexibility index (Phi) is 5.69. The van der Waals surface area contributed by atoms with Gasteiger partial charge >= 0.3 is 0 Å². The maximum absolute atomic E-state index is 12.6. The molecule has 1 aliphatic carbocycles. The first-order valence-corrected chi connectivity index (χ1v) is 9.25. The van der Waals surface area contributed by atoms with E-state index in [-0.39, 0.29) is 17.9 Å². The molecule has 1 aliphatic heterocycles. The molecule has 2 amide bonds. The minimum Gasteiger partial charge on any atom is -0.493 e. The van der Waals surface area contributed by atoms with Crippen LogP contribution in [-0.2, 0) is 16.0 Å². The number of ether oxygens (including phenoxy) is 2. The summed E-state index contributed by atoms with van der Waals surface area (Å²) in [5, 5.41) is 2.94. The van der Waals surface area contributed by atoms with E-state index in [0.29, 0.717) is 42.6 Å². The van der Waals surface area contributed by atoms with E-state index >= 15 is 0 Å². The molecule has 26 heavy (non-hydrogen) atoms. The van der Waals surface area contributed by atoms with Gasteiger partial charge in [-0.1, -0.05) is 6.07 Å². The third-order valence-corrected chi connectivity index (χ3v) is 5.84. The summed E-state index contributed by atoms with van der Waals surface area (Å²) in [6, 6.07) is 6.01. The molecular formula is C20H28N2O4. The molecular weight excluding hydrogens is 332 g/mol. The second kappa shape index (κ2) is 7.98. The number of nitrogens with one attached hydrogen (secondary N) is 1. The third kappa shape index (κ3) is 3.94. The van der Waals surface area contributed by atoms with Crippen LogP contribution in [0.15, 0.2) is 18.2 Å². The second-order valence-corrected chi connectivity index (χ2v) is 7.35.